The van der Waals surface area contributed by atoms with Gasteiger partial charge in [0, 0.05) is 12.1 Å². The van der Waals surface area contributed by atoms with Crippen molar-refractivity contribution < 1.29 is 22.8 Å². The molecule has 0 aliphatic rings. The van der Waals surface area contributed by atoms with Gasteiger partial charge in [-0.15, -0.1) is 0 Å². The molecule has 0 radical (unpaired) electrons. The summed E-state index contributed by atoms with van der Waals surface area (Å²) in [5.74, 6) is -1.20. The minimum atomic E-state index is -4.46. The molecule has 0 unspecified atom stereocenters. The summed E-state index contributed by atoms with van der Waals surface area (Å²) in [5, 5.41) is 5.06. The summed E-state index contributed by atoms with van der Waals surface area (Å²) >= 11 is 0. The molecule has 1 aromatic heterocycles. The molecule has 27 heavy (non-hydrogen) atoms. The van der Waals surface area contributed by atoms with E-state index in [2.05, 4.69) is 20.6 Å². The summed E-state index contributed by atoms with van der Waals surface area (Å²) in [7, 11) is 0. The number of nitrogens with one attached hydrogen (secondary N) is 2. The first-order valence-electron chi connectivity index (χ1n) is 8.20. The molecular formula is C18H19F3N4O2. The largest absolute Gasteiger partial charge is 0.416 e. The fraction of sp³-hybridized carbons (Fsp3) is 0.333. The van der Waals surface area contributed by atoms with Crippen LogP contribution in [0.1, 0.15) is 48.4 Å². The van der Waals surface area contributed by atoms with E-state index in [1.54, 1.807) is 20.8 Å². The maximum absolute atomic E-state index is 12.8. The van der Waals surface area contributed by atoms with Crippen LogP contribution in [0.25, 0.3) is 0 Å². The molecule has 0 saturated carbocycles. The van der Waals surface area contributed by atoms with Crippen molar-refractivity contribution in [1.29, 1.82) is 0 Å². The van der Waals surface area contributed by atoms with E-state index < -0.39 is 23.7 Å². The fourth-order valence-corrected chi connectivity index (χ4v) is 2.14. The molecule has 0 saturated heterocycles. The predicted octanol–water partition coefficient (Wildman–Crippen LogP) is 3.58. The Labute approximate surface area is 154 Å². The maximum atomic E-state index is 12.8. The van der Waals surface area contributed by atoms with Crippen LogP contribution in [0, 0.1) is 5.92 Å². The zero-order valence-electron chi connectivity index (χ0n) is 15.0. The summed E-state index contributed by atoms with van der Waals surface area (Å²) in [6.45, 7) is 4.96. The molecule has 6 nitrogen and oxygen atoms in total. The fourth-order valence-electron chi connectivity index (χ4n) is 2.14. The highest BCUT2D eigenvalue weighted by atomic mass is 19.4. The minimum absolute atomic E-state index is 0.0112. The van der Waals surface area contributed by atoms with E-state index in [4.69, 9.17) is 0 Å². The van der Waals surface area contributed by atoms with Crippen LogP contribution in [0.2, 0.25) is 0 Å². The Balaban J connectivity index is 2.12. The first kappa shape index (κ1) is 20.3. The van der Waals surface area contributed by atoms with Gasteiger partial charge in [0.1, 0.15) is 5.69 Å². The van der Waals surface area contributed by atoms with Crippen LogP contribution in [-0.4, -0.2) is 21.8 Å². The lowest BCUT2D eigenvalue weighted by Crippen LogP contribution is -2.28. The molecule has 144 valence electrons. The summed E-state index contributed by atoms with van der Waals surface area (Å²) in [6, 6.07) is 5.40. The lowest BCUT2D eigenvalue weighted by Gasteiger charge is -2.16. The molecular weight excluding hydrogens is 361 g/mol. The number of nitrogens with zero attached hydrogens (tertiary/aromatic N) is 2. The topological polar surface area (TPSA) is 84.0 Å². The first-order valence-corrected chi connectivity index (χ1v) is 8.20. The van der Waals surface area contributed by atoms with Gasteiger partial charge in [0.15, 0.2) is 0 Å². The van der Waals surface area contributed by atoms with Crippen molar-refractivity contribution in [2.24, 2.45) is 5.92 Å². The van der Waals surface area contributed by atoms with E-state index in [0.717, 1.165) is 12.1 Å². The molecule has 1 heterocycles. The Morgan fingerprint density at radius 2 is 1.81 bits per heavy atom. The van der Waals surface area contributed by atoms with E-state index >= 15 is 0 Å². The van der Waals surface area contributed by atoms with Crippen molar-refractivity contribution in [1.82, 2.24) is 15.3 Å². The maximum Gasteiger partial charge on any atom is 0.416 e. The number of alkyl halides is 3. The van der Waals surface area contributed by atoms with Gasteiger partial charge in [-0.1, -0.05) is 26.0 Å². The highest BCUT2D eigenvalue weighted by Gasteiger charge is 2.30. The highest BCUT2D eigenvalue weighted by Crippen LogP contribution is 2.30. The normalized spacial score (nSPS) is 12.6. The number of carbonyl (C=O) groups is 2. The van der Waals surface area contributed by atoms with Crippen molar-refractivity contribution in [3.63, 3.8) is 0 Å². The monoisotopic (exact) mass is 380 g/mol. The van der Waals surface area contributed by atoms with Gasteiger partial charge >= 0.3 is 6.18 Å². The van der Waals surface area contributed by atoms with Gasteiger partial charge in [0.2, 0.25) is 11.9 Å². The average molecular weight is 380 g/mol. The number of hydrogen-bond donors (Lipinski definition) is 2. The second-order valence-electron chi connectivity index (χ2n) is 6.23. The molecule has 0 fully saturated rings. The van der Waals surface area contributed by atoms with Crippen molar-refractivity contribution in [3.05, 3.63) is 53.3 Å². The third kappa shape index (κ3) is 5.50. The lowest BCUT2D eigenvalue weighted by atomic mass is 10.0. The second kappa shape index (κ2) is 8.15. The summed E-state index contributed by atoms with van der Waals surface area (Å²) in [5.41, 5.74) is -0.495. The first-order chi connectivity index (χ1) is 12.6. The number of aromatic nitrogens is 2. The van der Waals surface area contributed by atoms with Gasteiger partial charge in [0.05, 0.1) is 11.6 Å². The number of rotatable bonds is 5. The van der Waals surface area contributed by atoms with Crippen LogP contribution in [0.4, 0.5) is 19.1 Å². The van der Waals surface area contributed by atoms with Crippen LogP contribution in [0.3, 0.4) is 0 Å². The summed E-state index contributed by atoms with van der Waals surface area (Å²) in [6.07, 6.45) is -3.15. The summed E-state index contributed by atoms with van der Waals surface area (Å²) in [4.78, 5) is 31.9. The van der Waals surface area contributed by atoms with Gasteiger partial charge in [-0.05, 0) is 30.7 Å². The average Bonchev–Trinajstić information content (AvgIpc) is 2.61. The van der Waals surface area contributed by atoms with Crippen LogP contribution >= 0.6 is 0 Å². The Bertz CT molecular complexity index is 837. The molecule has 1 atom stereocenters. The molecule has 2 aromatic rings. The highest BCUT2D eigenvalue weighted by molar-refractivity contribution is 5.94. The van der Waals surface area contributed by atoms with Crippen molar-refractivity contribution in [2.45, 2.75) is 33.0 Å². The van der Waals surface area contributed by atoms with Crippen molar-refractivity contribution in [2.75, 3.05) is 5.32 Å². The third-order valence-electron chi connectivity index (χ3n) is 3.71. The number of hydrogen-bond acceptors (Lipinski definition) is 4. The molecule has 2 rings (SSSR count). The van der Waals surface area contributed by atoms with Gasteiger partial charge in [0.25, 0.3) is 5.91 Å². The van der Waals surface area contributed by atoms with E-state index in [-0.39, 0.29) is 23.5 Å². The predicted molar refractivity (Wildman–Crippen MR) is 92.8 cm³/mol. The number of amides is 2. The van der Waals surface area contributed by atoms with Crippen molar-refractivity contribution >= 4 is 17.8 Å². The van der Waals surface area contributed by atoms with E-state index in [1.807, 2.05) is 0 Å². The van der Waals surface area contributed by atoms with Gasteiger partial charge in [-0.25, -0.2) is 9.97 Å². The Kier molecular flexibility index (Phi) is 6.14. The lowest BCUT2D eigenvalue weighted by molar-refractivity contribution is -0.137. The third-order valence-corrected chi connectivity index (χ3v) is 3.71. The Hall–Kier alpha value is -2.97. The van der Waals surface area contributed by atoms with Crippen LogP contribution < -0.4 is 10.6 Å². The molecule has 1 aromatic carbocycles. The molecule has 9 heteroatoms. The minimum Gasteiger partial charge on any atom is -0.344 e. The Morgan fingerprint density at radius 3 is 2.44 bits per heavy atom. The smallest absolute Gasteiger partial charge is 0.344 e. The number of anilines is 1. The van der Waals surface area contributed by atoms with E-state index in [1.165, 1.54) is 24.4 Å². The number of carbonyl (C=O) groups excluding carboxylic acids is 2. The zero-order valence-corrected chi connectivity index (χ0v) is 15.0. The second-order valence-corrected chi connectivity index (χ2v) is 6.23. The number of benzene rings is 1. The van der Waals surface area contributed by atoms with E-state index in [9.17, 15) is 22.8 Å². The number of halogens is 3. The standard InChI is InChI=1S/C18H19F3N4O2/c1-10(2)15(26)25-17-22-8-7-14(24-17)16(27)23-11(3)12-5-4-6-13(9-12)18(19,20)21/h4-11H,1-3H3,(H,23,27)(H,22,24,25,26)/t11-/m1/s1. The quantitative estimate of drug-likeness (QED) is 0.830. The van der Waals surface area contributed by atoms with Gasteiger partial charge < -0.3 is 5.32 Å². The van der Waals surface area contributed by atoms with Crippen LogP contribution in [0.5, 0.6) is 0 Å². The van der Waals surface area contributed by atoms with Gasteiger partial charge in [-0.3, -0.25) is 14.9 Å². The van der Waals surface area contributed by atoms with Crippen molar-refractivity contribution in [3.8, 4) is 0 Å². The van der Waals surface area contributed by atoms with Crippen LogP contribution in [-0.2, 0) is 11.0 Å². The molecule has 0 bridgehead atoms. The molecule has 0 spiro atoms. The Morgan fingerprint density at radius 1 is 1.11 bits per heavy atom. The summed E-state index contributed by atoms with van der Waals surface area (Å²) < 4.78 is 38.5. The van der Waals surface area contributed by atoms with Gasteiger partial charge in [-0.2, -0.15) is 13.2 Å². The molecule has 0 aliphatic heterocycles. The molecule has 2 N–H and O–H groups in total. The van der Waals surface area contributed by atoms with E-state index in [0.29, 0.717) is 5.56 Å². The van der Waals surface area contributed by atoms with Crippen LogP contribution in [0.15, 0.2) is 36.5 Å². The molecule has 2 amide bonds. The zero-order chi connectivity index (χ0) is 20.2. The molecule has 0 aliphatic carbocycles. The SMILES string of the molecule is CC(C)C(=O)Nc1nccc(C(=O)N[C@H](C)c2cccc(C(F)(F)F)c2)n1.